The normalized spacial score (nSPS) is 10.9. The summed E-state index contributed by atoms with van der Waals surface area (Å²) in [5.41, 5.74) is 0.499. The lowest BCUT2D eigenvalue weighted by Gasteiger charge is -2.03. The van der Waals surface area contributed by atoms with Crippen molar-refractivity contribution in [1.29, 1.82) is 5.26 Å². The average molecular weight is 394 g/mol. The molecule has 0 atom stereocenters. The van der Waals surface area contributed by atoms with Gasteiger partial charge in [-0.1, -0.05) is 23.7 Å². The third-order valence-electron chi connectivity index (χ3n) is 3.75. The number of nitriles is 1. The Morgan fingerprint density at radius 3 is 2.54 bits per heavy atom. The maximum Gasteiger partial charge on any atom is 0.280 e. The number of rotatable bonds is 5. The van der Waals surface area contributed by atoms with Crippen LogP contribution in [-0.4, -0.2) is 10.8 Å². The topological polar surface area (TPSA) is 109 Å². The Kier molecular flexibility index (Phi) is 5.53. The number of nitrogens with one attached hydrogen (secondary N) is 1. The average Bonchev–Trinajstić information content (AvgIpc) is 3.16. The number of nitrogens with zero attached hydrogens (tertiary/aromatic N) is 2. The summed E-state index contributed by atoms with van der Waals surface area (Å²) in [6, 6.07) is 17.5. The van der Waals surface area contributed by atoms with Crippen molar-refractivity contribution in [3.05, 3.63) is 87.1 Å². The summed E-state index contributed by atoms with van der Waals surface area (Å²) >= 11 is 5.80. The largest absolute Gasteiger partial charge is 0.456 e. The maximum absolute atomic E-state index is 12.3. The number of para-hydroxylation sites is 1. The second kappa shape index (κ2) is 8.20. The standard InChI is InChI=1S/C20H12ClN3O4/c21-14-5-7-15(8-6-14)23-20(25)13(12-22)11-16-9-10-19(28-16)17-3-1-2-4-18(17)24(26)27/h1-11H,(H,23,25)/b13-11-. The summed E-state index contributed by atoms with van der Waals surface area (Å²) in [4.78, 5) is 22.9. The van der Waals surface area contributed by atoms with Crippen LogP contribution in [0.15, 0.2) is 70.7 Å². The Labute approximate surface area is 164 Å². The highest BCUT2D eigenvalue weighted by molar-refractivity contribution is 6.30. The summed E-state index contributed by atoms with van der Waals surface area (Å²) in [6.07, 6.45) is 1.27. The number of furan rings is 1. The lowest BCUT2D eigenvalue weighted by atomic mass is 10.1. The molecule has 0 aliphatic heterocycles. The first-order chi connectivity index (χ1) is 13.5. The molecule has 28 heavy (non-hydrogen) atoms. The van der Waals surface area contributed by atoms with Crippen LogP contribution in [0.4, 0.5) is 11.4 Å². The monoisotopic (exact) mass is 393 g/mol. The van der Waals surface area contributed by atoms with Gasteiger partial charge in [-0.3, -0.25) is 14.9 Å². The van der Waals surface area contributed by atoms with Gasteiger partial charge >= 0.3 is 0 Å². The van der Waals surface area contributed by atoms with Gasteiger partial charge < -0.3 is 9.73 Å². The van der Waals surface area contributed by atoms with Crippen LogP contribution in [0.5, 0.6) is 0 Å². The molecule has 1 aromatic heterocycles. The number of carbonyl (C=O) groups excluding carboxylic acids is 1. The van der Waals surface area contributed by atoms with E-state index in [1.807, 2.05) is 6.07 Å². The van der Waals surface area contributed by atoms with E-state index in [-0.39, 0.29) is 22.8 Å². The number of benzene rings is 2. The quantitative estimate of drug-likeness (QED) is 0.282. The molecule has 1 heterocycles. The molecule has 7 nitrogen and oxygen atoms in total. The first kappa shape index (κ1) is 18.9. The van der Waals surface area contributed by atoms with Crippen LogP contribution in [-0.2, 0) is 4.79 Å². The Bertz CT molecular complexity index is 1110. The number of anilines is 1. The van der Waals surface area contributed by atoms with E-state index >= 15 is 0 Å². The highest BCUT2D eigenvalue weighted by Gasteiger charge is 2.17. The van der Waals surface area contributed by atoms with Crippen LogP contribution < -0.4 is 5.32 Å². The molecule has 138 valence electrons. The molecule has 0 fully saturated rings. The van der Waals surface area contributed by atoms with E-state index in [0.717, 1.165) is 0 Å². The number of nitro benzene ring substituents is 1. The van der Waals surface area contributed by atoms with Crippen LogP contribution in [0.3, 0.4) is 0 Å². The SMILES string of the molecule is N#C/C(=C/c1ccc(-c2ccccc2[N+](=O)[O-])o1)C(=O)Nc1ccc(Cl)cc1. The van der Waals surface area contributed by atoms with E-state index in [2.05, 4.69) is 5.32 Å². The fraction of sp³-hybridized carbons (Fsp3) is 0. The van der Waals surface area contributed by atoms with Crippen LogP contribution in [0.2, 0.25) is 5.02 Å². The van der Waals surface area contributed by atoms with E-state index < -0.39 is 10.8 Å². The van der Waals surface area contributed by atoms with Gasteiger partial charge in [-0.2, -0.15) is 5.26 Å². The van der Waals surface area contributed by atoms with Crippen molar-refractivity contribution in [2.75, 3.05) is 5.32 Å². The number of halogens is 1. The lowest BCUT2D eigenvalue weighted by Crippen LogP contribution is -2.13. The van der Waals surface area contributed by atoms with Crippen LogP contribution >= 0.6 is 11.6 Å². The van der Waals surface area contributed by atoms with E-state index in [4.69, 9.17) is 16.0 Å². The fourth-order valence-corrected chi connectivity index (χ4v) is 2.56. The van der Waals surface area contributed by atoms with Gasteiger partial charge in [-0.05, 0) is 42.5 Å². The lowest BCUT2D eigenvalue weighted by molar-refractivity contribution is -0.384. The molecule has 0 unspecified atom stereocenters. The number of carbonyl (C=O) groups is 1. The summed E-state index contributed by atoms with van der Waals surface area (Å²) in [5.74, 6) is -0.140. The number of hydrogen-bond donors (Lipinski definition) is 1. The zero-order valence-electron chi connectivity index (χ0n) is 14.3. The molecule has 2 aromatic carbocycles. The Morgan fingerprint density at radius 1 is 1.14 bits per heavy atom. The Hall–Kier alpha value is -3.89. The molecular weight excluding hydrogens is 382 g/mol. The smallest absolute Gasteiger partial charge is 0.280 e. The summed E-state index contributed by atoms with van der Waals surface area (Å²) < 4.78 is 5.58. The molecule has 0 aliphatic rings. The first-order valence-corrected chi connectivity index (χ1v) is 8.38. The van der Waals surface area contributed by atoms with Crippen molar-refractivity contribution in [2.24, 2.45) is 0 Å². The molecule has 3 aromatic rings. The Morgan fingerprint density at radius 2 is 1.86 bits per heavy atom. The zero-order chi connectivity index (χ0) is 20.1. The number of nitro groups is 1. The summed E-state index contributed by atoms with van der Waals surface area (Å²) in [5, 5.41) is 23.6. The minimum atomic E-state index is -0.617. The highest BCUT2D eigenvalue weighted by atomic mass is 35.5. The third-order valence-corrected chi connectivity index (χ3v) is 4.00. The van der Waals surface area contributed by atoms with Gasteiger partial charge in [-0.15, -0.1) is 0 Å². The highest BCUT2D eigenvalue weighted by Crippen LogP contribution is 2.31. The second-order valence-corrected chi connectivity index (χ2v) is 6.04. The second-order valence-electron chi connectivity index (χ2n) is 5.61. The van der Waals surface area contributed by atoms with E-state index in [9.17, 15) is 20.2 Å². The van der Waals surface area contributed by atoms with Crippen LogP contribution in [0, 0.1) is 21.4 Å². The van der Waals surface area contributed by atoms with Crippen LogP contribution in [0.1, 0.15) is 5.76 Å². The molecule has 0 aliphatic carbocycles. The fourth-order valence-electron chi connectivity index (χ4n) is 2.44. The van der Waals surface area contributed by atoms with Crippen molar-refractivity contribution >= 4 is 35.0 Å². The van der Waals surface area contributed by atoms with Crippen molar-refractivity contribution in [2.45, 2.75) is 0 Å². The first-order valence-electron chi connectivity index (χ1n) is 8.00. The summed E-state index contributed by atoms with van der Waals surface area (Å²) in [7, 11) is 0. The summed E-state index contributed by atoms with van der Waals surface area (Å²) in [6.45, 7) is 0. The van der Waals surface area contributed by atoms with Crippen molar-refractivity contribution in [3.63, 3.8) is 0 Å². The zero-order valence-corrected chi connectivity index (χ0v) is 15.0. The van der Waals surface area contributed by atoms with E-state index in [0.29, 0.717) is 16.3 Å². The molecule has 0 bridgehead atoms. The van der Waals surface area contributed by atoms with E-state index in [1.165, 1.54) is 18.2 Å². The van der Waals surface area contributed by atoms with Crippen molar-refractivity contribution in [3.8, 4) is 17.4 Å². The molecule has 3 rings (SSSR count). The molecule has 1 amide bonds. The van der Waals surface area contributed by atoms with Gasteiger partial charge in [0.2, 0.25) is 0 Å². The van der Waals surface area contributed by atoms with Gasteiger partial charge in [0.25, 0.3) is 11.6 Å². The van der Waals surface area contributed by atoms with E-state index in [1.54, 1.807) is 48.5 Å². The van der Waals surface area contributed by atoms with Gasteiger partial charge in [0, 0.05) is 22.9 Å². The van der Waals surface area contributed by atoms with Crippen molar-refractivity contribution in [1.82, 2.24) is 0 Å². The predicted molar refractivity (Wildman–Crippen MR) is 104 cm³/mol. The Balaban J connectivity index is 1.85. The van der Waals surface area contributed by atoms with Gasteiger partial charge in [-0.25, -0.2) is 0 Å². The van der Waals surface area contributed by atoms with Gasteiger partial charge in [0.1, 0.15) is 23.2 Å². The van der Waals surface area contributed by atoms with Gasteiger partial charge in [0.15, 0.2) is 0 Å². The van der Waals surface area contributed by atoms with Crippen LogP contribution in [0.25, 0.3) is 17.4 Å². The molecular formula is C20H12ClN3O4. The molecule has 0 saturated heterocycles. The minimum Gasteiger partial charge on any atom is -0.456 e. The molecule has 8 heteroatoms. The number of hydrogen-bond acceptors (Lipinski definition) is 5. The molecule has 0 radical (unpaired) electrons. The minimum absolute atomic E-state index is 0.103. The molecule has 0 saturated carbocycles. The predicted octanol–water partition coefficient (Wildman–Crippen LogP) is 5.05. The third kappa shape index (κ3) is 4.26. The molecule has 0 spiro atoms. The van der Waals surface area contributed by atoms with Crippen molar-refractivity contribution < 1.29 is 14.1 Å². The molecule has 1 N–H and O–H groups in total. The maximum atomic E-state index is 12.3. The number of amides is 1. The van der Waals surface area contributed by atoms with Gasteiger partial charge in [0.05, 0.1) is 10.5 Å².